The molecular weight excluding hydrogens is 328 g/mol. The van der Waals surface area contributed by atoms with Crippen LogP contribution in [-0.2, 0) is 6.42 Å². The largest absolute Gasteiger partial charge is 0.395 e. The van der Waals surface area contributed by atoms with Gasteiger partial charge in [0.05, 0.1) is 12.0 Å². The zero-order chi connectivity index (χ0) is 19.5. The molecule has 0 unspecified atom stereocenters. The van der Waals surface area contributed by atoms with Crippen molar-refractivity contribution in [3.8, 4) is 0 Å². The number of carbonyl (C=O) groups is 2. The van der Waals surface area contributed by atoms with Crippen LogP contribution in [0, 0.1) is 5.41 Å². The Morgan fingerprint density at radius 2 is 1.15 bits per heavy atom. The van der Waals surface area contributed by atoms with Crippen LogP contribution >= 0.6 is 0 Å². The van der Waals surface area contributed by atoms with Gasteiger partial charge in [-0.1, -0.05) is 62.4 Å². The average Bonchev–Trinajstić information content (AvgIpc) is 2.61. The zero-order valence-corrected chi connectivity index (χ0v) is 15.7. The van der Waals surface area contributed by atoms with E-state index in [-0.39, 0.29) is 18.2 Å². The van der Waals surface area contributed by atoms with E-state index < -0.39 is 11.0 Å². The second kappa shape index (κ2) is 7.52. The number of carbonyl (C=O) groups excluding carboxylic acids is 2. The van der Waals surface area contributed by atoms with Gasteiger partial charge in [0, 0.05) is 11.1 Å². The molecule has 0 aliphatic heterocycles. The van der Waals surface area contributed by atoms with E-state index in [2.05, 4.69) is 0 Å². The number of hydrogen-bond acceptors (Lipinski definition) is 4. The Kier molecular flexibility index (Phi) is 5.79. The van der Waals surface area contributed by atoms with E-state index in [0.29, 0.717) is 17.5 Å². The molecule has 2 N–H and O–H groups in total. The quantitative estimate of drug-likeness (QED) is 0.747. The van der Waals surface area contributed by atoms with Crippen LogP contribution in [0.1, 0.15) is 59.5 Å². The highest BCUT2D eigenvalue weighted by atomic mass is 16.3. The maximum absolute atomic E-state index is 12.3. The number of ketones is 2. The summed E-state index contributed by atoms with van der Waals surface area (Å²) in [6, 6.07) is 14.5. The molecule has 0 aromatic heterocycles. The van der Waals surface area contributed by atoms with Gasteiger partial charge in [-0.25, -0.2) is 0 Å². The maximum atomic E-state index is 12.3. The van der Waals surface area contributed by atoms with Gasteiger partial charge in [-0.05, 0) is 31.4 Å². The highest BCUT2D eigenvalue weighted by molar-refractivity contribution is 6.01. The van der Waals surface area contributed by atoms with E-state index >= 15 is 0 Å². The lowest BCUT2D eigenvalue weighted by Gasteiger charge is -2.19. The van der Waals surface area contributed by atoms with E-state index in [4.69, 9.17) is 0 Å². The minimum absolute atomic E-state index is 0.0824. The molecule has 0 saturated heterocycles. The zero-order valence-electron chi connectivity index (χ0n) is 15.7. The molecule has 0 saturated carbocycles. The summed E-state index contributed by atoms with van der Waals surface area (Å²) < 4.78 is 0. The Morgan fingerprint density at radius 1 is 0.769 bits per heavy atom. The number of aliphatic hydroxyl groups excluding tert-OH is 1. The maximum Gasteiger partial charge on any atom is 0.193 e. The molecule has 0 fully saturated rings. The summed E-state index contributed by atoms with van der Waals surface area (Å²) in [5.41, 5.74) is 0.973. The van der Waals surface area contributed by atoms with Crippen molar-refractivity contribution in [3.63, 3.8) is 0 Å². The molecule has 2 aromatic carbocycles. The second-order valence-corrected chi connectivity index (χ2v) is 7.83. The molecule has 0 radical (unpaired) electrons. The fourth-order valence-corrected chi connectivity index (χ4v) is 2.60. The van der Waals surface area contributed by atoms with Crippen LogP contribution in [0.5, 0.6) is 0 Å². The van der Waals surface area contributed by atoms with E-state index in [1.165, 1.54) is 13.8 Å². The first kappa shape index (κ1) is 20.0. The average molecular weight is 354 g/mol. The lowest BCUT2D eigenvalue weighted by atomic mass is 9.85. The molecule has 0 spiro atoms. The van der Waals surface area contributed by atoms with Crippen molar-refractivity contribution in [3.05, 3.63) is 70.8 Å². The predicted octanol–water partition coefficient (Wildman–Crippen LogP) is 3.43. The molecule has 0 bridgehead atoms. The lowest BCUT2D eigenvalue weighted by molar-refractivity contribution is 0.0488. The summed E-state index contributed by atoms with van der Waals surface area (Å²) in [5, 5.41) is 19.1. The molecule has 0 aliphatic carbocycles. The van der Waals surface area contributed by atoms with Crippen molar-refractivity contribution < 1.29 is 19.8 Å². The van der Waals surface area contributed by atoms with Crippen molar-refractivity contribution in [1.29, 1.82) is 0 Å². The smallest absolute Gasteiger partial charge is 0.193 e. The minimum Gasteiger partial charge on any atom is -0.395 e. The normalized spacial score (nSPS) is 12.1. The SMILES string of the molecule is CC(C)(O)C(=O)c1ccc(Cc2ccc(C(=O)C(C)(C)CO)cc2)cc1. The molecule has 0 heterocycles. The first-order valence-electron chi connectivity index (χ1n) is 8.65. The van der Waals surface area contributed by atoms with Crippen molar-refractivity contribution in [2.45, 2.75) is 39.7 Å². The number of Topliss-reactive ketones (excluding diaryl/α,β-unsaturated/α-hetero) is 2. The van der Waals surface area contributed by atoms with Gasteiger partial charge in [0.2, 0.25) is 0 Å². The van der Waals surface area contributed by atoms with E-state index in [0.717, 1.165) is 11.1 Å². The summed E-state index contributed by atoms with van der Waals surface area (Å²) in [7, 11) is 0. The first-order valence-corrected chi connectivity index (χ1v) is 8.65. The van der Waals surface area contributed by atoms with Gasteiger partial charge in [-0.2, -0.15) is 0 Å². The first-order chi connectivity index (χ1) is 12.0. The molecule has 4 nitrogen and oxygen atoms in total. The fourth-order valence-electron chi connectivity index (χ4n) is 2.60. The van der Waals surface area contributed by atoms with Crippen molar-refractivity contribution in [2.75, 3.05) is 6.61 Å². The summed E-state index contributed by atoms with van der Waals surface area (Å²) in [5.74, 6) is -0.389. The van der Waals surface area contributed by atoms with Crippen molar-refractivity contribution in [1.82, 2.24) is 0 Å². The highest BCUT2D eigenvalue weighted by Gasteiger charge is 2.27. The van der Waals surface area contributed by atoms with Crippen LogP contribution in [0.2, 0.25) is 0 Å². The van der Waals surface area contributed by atoms with Gasteiger partial charge < -0.3 is 10.2 Å². The van der Waals surface area contributed by atoms with E-state index in [1.54, 1.807) is 38.1 Å². The van der Waals surface area contributed by atoms with Crippen LogP contribution in [-0.4, -0.2) is 34.0 Å². The third-order valence-electron chi connectivity index (χ3n) is 4.41. The van der Waals surface area contributed by atoms with Gasteiger partial charge in [0.15, 0.2) is 11.6 Å². The van der Waals surface area contributed by atoms with Crippen LogP contribution in [0.25, 0.3) is 0 Å². The topological polar surface area (TPSA) is 74.6 Å². The molecule has 0 amide bonds. The van der Waals surface area contributed by atoms with Crippen LogP contribution in [0.3, 0.4) is 0 Å². The van der Waals surface area contributed by atoms with Crippen molar-refractivity contribution in [2.24, 2.45) is 5.41 Å². The summed E-state index contributed by atoms with van der Waals surface area (Å²) >= 11 is 0. The Hall–Kier alpha value is -2.30. The van der Waals surface area contributed by atoms with Gasteiger partial charge in [0.1, 0.15) is 5.60 Å². The number of benzene rings is 2. The summed E-state index contributed by atoms with van der Waals surface area (Å²) in [4.78, 5) is 24.4. The predicted molar refractivity (Wildman–Crippen MR) is 102 cm³/mol. The second-order valence-electron chi connectivity index (χ2n) is 7.83. The highest BCUT2D eigenvalue weighted by Crippen LogP contribution is 2.22. The van der Waals surface area contributed by atoms with Crippen molar-refractivity contribution >= 4 is 11.6 Å². The number of rotatable bonds is 7. The van der Waals surface area contributed by atoms with Gasteiger partial charge in [-0.15, -0.1) is 0 Å². The summed E-state index contributed by atoms with van der Waals surface area (Å²) in [6.45, 7) is 6.21. The van der Waals surface area contributed by atoms with Gasteiger partial charge in [-0.3, -0.25) is 9.59 Å². The Balaban J connectivity index is 2.10. The lowest BCUT2D eigenvalue weighted by Crippen LogP contribution is -2.31. The number of hydrogen-bond donors (Lipinski definition) is 2. The molecule has 0 aliphatic rings. The third-order valence-corrected chi connectivity index (χ3v) is 4.41. The fraction of sp³-hybridized carbons (Fsp3) is 0.364. The van der Waals surface area contributed by atoms with E-state index in [9.17, 15) is 19.8 Å². The van der Waals surface area contributed by atoms with Gasteiger partial charge >= 0.3 is 0 Å². The third kappa shape index (κ3) is 4.65. The Labute approximate surface area is 154 Å². The molecule has 0 atom stereocenters. The standard InChI is InChI=1S/C22H26O4/c1-21(2,14-23)19(24)17-9-5-15(6-10-17)13-16-7-11-18(12-8-16)20(25)22(3,4)26/h5-12,23,26H,13-14H2,1-4H3. The molecule has 4 heteroatoms. The minimum atomic E-state index is -1.38. The Bertz CT molecular complexity index is 778. The van der Waals surface area contributed by atoms with Crippen LogP contribution in [0.15, 0.2) is 48.5 Å². The van der Waals surface area contributed by atoms with Crippen LogP contribution in [0.4, 0.5) is 0 Å². The molecule has 138 valence electrons. The molecular formula is C22H26O4. The van der Waals surface area contributed by atoms with Crippen LogP contribution < -0.4 is 0 Å². The van der Waals surface area contributed by atoms with Gasteiger partial charge in [0.25, 0.3) is 0 Å². The Morgan fingerprint density at radius 3 is 1.50 bits per heavy atom. The molecule has 26 heavy (non-hydrogen) atoms. The molecule has 2 aromatic rings. The monoisotopic (exact) mass is 354 g/mol. The molecule has 2 rings (SSSR count). The van der Waals surface area contributed by atoms with E-state index in [1.807, 2.05) is 24.3 Å². The number of aliphatic hydroxyl groups is 2. The summed E-state index contributed by atoms with van der Waals surface area (Å²) in [6.07, 6.45) is 0.675.